The van der Waals surface area contributed by atoms with Crippen LogP contribution in [0.25, 0.3) is 11.0 Å². The zero-order valence-electron chi connectivity index (χ0n) is 18.6. The minimum atomic E-state index is -0.618. The smallest absolute Gasteiger partial charge is 0.253 e. The third kappa shape index (κ3) is 4.08. The summed E-state index contributed by atoms with van der Waals surface area (Å²) in [7, 11) is 0. The fourth-order valence-corrected chi connectivity index (χ4v) is 4.97. The van der Waals surface area contributed by atoms with Crippen molar-refractivity contribution in [3.63, 3.8) is 0 Å². The summed E-state index contributed by atoms with van der Waals surface area (Å²) in [5, 5.41) is 5.58. The Bertz CT molecular complexity index is 1210. The van der Waals surface area contributed by atoms with Gasteiger partial charge in [0.15, 0.2) is 0 Å². The van der Waals surface area contributed by atoms with E-state index in [1.54, 1.807) is 24.3 Å². The molecule has 3 amide bonds. The Morgan fingerprint density at radius 3 is 2.33 bits per heavy atom. The number of para-hydroxylation sites is 2. The Labute approximate surface area is 192 Å². The summed E-state index contributed by atoms with van der Waals surface area (Å²) in [5.41, 5.74) is 2.97. The summed E-state index contributed by atoms with van der Waals surface area (Å²) in [6, 6.07) is 14.2. The van der Waals surface area contributed by atoms with Gasteiger partial charge in [-0.2, -0.15) is 0 Å². The normalized spacial score (nSPS) is 18.4. The highest BCUT2D eigenvalue weighted by molar-refractivity contribution is 6.05. The van der Waals surface area contributed by atoms with Crippen LogP contribution >= 0.6 is 0 Å². The lowest BCUT2D eigenvalue weighted by Gasteiger charge is -2.30. The number of rotatable bonds is 5. The molecular weight excluding hydrogens is 418 g/mol. The Kier molecular flexibility index (Phi) is 5.58. The zero-order chi connectivity index (χ0) is 22.9. The SMILES string of the molecule is CC(=O)Nc1ccc(NC(=O)CC2C(=O)N(C3CCCCC3)c3nc4ccccc4n32)cc1. The lowest BCUT2D eigenvalue weighted by molar-refractivity contribution is -0.125. The molecule has 1 aliphatic heterocycles. The number of carbonyl (C=O) groups is 3. The van der Waals surface area contributed by atoms with E-state index in [4.69, 9.17) is 4.98 Å². The van der Waals surface area contributed by atoms with Crippen molar-refractivity contribution < 1.29 is 14.4 Å². The molecule has 3 aromatic rings. The van der Waals surface area contributed by atoms with E-state index in [9.17, 15) is 14.4 Å². The van der Waals surface area contributed by atoms with Gasteiger partial charge in [-0.1, -0.05) is 31.4 Å². The van der Waals surface area contributed by atoms with E-state index in [2.05, 4.69) is 10.6 Å². The topological polar surface area (TPSA) is 96.3 Å². The van der Waals surface area contributed by atoms with Gasteiger partial charge in [-0.25, -0.2) is 4.98 Å². The third-order valence-corrected chi connectivity index (χ3v) is 6.43. The first-order chi connectivity index (χ1) is 16.0. The molecule has 2 heterocycles. The Morgan fingerprint density at radius 1 is 0.970 bits per heavy atom. The van der Waals surface area contributed by atoms with Crippen molar-refractivity contribution >= 4 is 46.1 Å². The fourth-order valence-electron chi connectivity index (χ4n) is 4.97. The summed E-state index contributed by atoms with van der Waals surface area (Å²) in [6.07, 6.45) is 5.37. The predicted molar refractivity (Wildman–Crippen MR) is 127 cm³/mol. The van der Waals surface area contributed by atoms with Crippen molar-refractivity contribution in [3.05, 3.63) is 48.5 Å². The first kappa shape index (κ1) is 21.2. The molecule has 1 fully saturated rings. The number of anilines is 3. The zero-order valence-corrected chi connectivity index (χ0v) is 18.6. The van der Waals surface area contributed by atoms with E-state index >= 15 is 0 Å². The molecule has 8 heteroatoms. The van der Waals surface area contributed by atoms with Crippen LogP contribution in [0.5, 0.6) is 0 Å². The average Bonchev–Trinajstić information content (AvgIpc) is 3.29. The number of amides is 3. The summed E-state index contributed by atoms with van der Waals surface area (Å²) in [6.45, 7) is 1.44. The molecule has 2 aliphatic rings. The Morgan fingerprint density at radius 2 is 1.64 bits per heavy atom. The molecule has 2 N–H and O–H groups in total. The molecule has 170 valence electrons. The highest BCUT2D eigenvalue weighted by Gasteiger charge is 2.44. The molecule has 1 aromatic heterocycles. The van der Waals surface area contributed by atoms with Gasteiger partial charge in [-0.3, -0.25) is 23.9 Å². The first-order valence-corrected chi connectivity index (χ1v) is 11.5. The minimum Gasteiger partial charge on any atom is -0.326 e. The molecule has 2 aromatic carbocycles. The van der Waals surface area contributed by atoms with Crippen LogP contribution in [-0.4, -0.2) is 33.3 Å². The van der Waals surface area contributed by atoms with Crippen molar-refractivity contribution in [3.8, 4) is 0 Å². The predicted octanol–water partition coefficient (Wildman–Crippen LogP) is 4.24. The Hall–Kier alpha value is -3.68. The van der Waals surface area contributed by atoms with Gasteiger partial charge in [0.25, 0.3) is 5.91 Å². The molecule has 0 bridgehead atoms. The number of fused-ring (bicyclic) bond motifs is 3. The fraction of sp³-hybridized carbons (Fsp3) is 0.360. The molecule has 0 radical (unpaired) electrons. The van der Waals surface area contributed by atoms with Crippen LogP contribution in [0.4, 0.5) is 17.3 Å². The second-order valence-electron chi connectivity index (χ2n) is 8.80. The lowest BCUT2D eigenvalue weighted by Crippen LogP contribution is -2.41. The van der Waals surface area contributed by atoms with Gasteiger partial charge in [0.05, 0.1) is 17.5 Å². The van der Waals surface area contributed by atoms with Gasteiger partial charge in [-0.15, -0.1) is 0 Å². The molecule has 1 unspecified atom stereocenters. The largest absolute Gasteiger partial charge is 0.326 e. The van der Waals surface area contributed by atoms with Crippen molar-refractivity contribution in [2.24, 2.45) is 0 Å². The first-order valence-electron chi connectivity index (χ1n) is 11.5. The Balaban J connectivity index is 1.39. The van der Waals surface area contributed by atoms with Gasteiger partial charge in [0, 0.05) is 24.3 Å². The van der Waals surface area contributed by atoms with Crippen LogP contribution in [0.1, 0.15) is 51.5 Å². The summed E-state index contributed by atoms with van der Waals surface area (Å²) < 4.78 is 1.94. The monoisotopic (exact) mass is 445 g/mol. The van der Waals surface area contributed by atoms with Gasteiger partial charge >= 0.3 is 0 Å². The van der Waals surface area contributed by atoms with Gasteiger partial charge in [0.2, 0.25) is 17.8 Å². The molecule has 8 nitrogen and oxygen atoms in total. The highest BCUT2D eigenvalue weighted by atomic mass is 16.2. The highest BCUT2D eigenvalue weighted by Crippen LogP contribution is 2.40. The van der Waals surface area contributed by atoms with Crippen molar-refractivity contribution in [1.82, 2.24) is 9.55 Å². The van der Waals surface area contributed by atoms with Crippen LogP contribution in [-0.2, 0) is 14.4 Å². The van der Waals surface area contributed by atoms with Crippen LogP contribution in [0.15, 0.2) is 48.5 Å². The molecule has 1 atom stereocenters. The van der Waals surface area contributed by atoms with Crippen LogP contribution in [0.3, 0.4) is 0 Å². The second-order valence-corrected chi connectivity index (χ2v) is 8.80. The number of hydrogen-bond donors (Lipinski definition) is 2. The maximum Gasteiger partial charge on any atom is 0.253 e. The molecule has 5 rings (SSSR count). The van der Waals surface area contributed by atoms with E-state index in [1.165, 1.54) is 13.3 Å². The lowest BCUT2D eigenvalue weighted by atomic mass is 9.94. The third-order valence-electron chi connectivity index (χ3n) is 6.43. The van der Waals surface area contributed by atoms with Gasteiger partial charge in [-0.05, 0) is 49.2 Å². The molecule has 33 heavy (non-hydrogen) atoms. The van der Waals surface area contributed by atoms with Crippen molar-refractivity contribution in [2.45, 2.75) is 57.5 Å². The number of carbonyl (C=O) groups excluding carboxylic acids is 3. The van der Waals surface area contributed by atoms with Crippen LogP contribution in [0, 0.1) is 0 Å². The number of aromatic nitrogens is 2. The maximum atomic E-state index is 13.5. The van der Waals surface area contributed by atoms with E-state index < -0.39 is 6.04 Å². The standard InChI is InChI=1S/C25H27N5O3/c1-16(31)26-17-11-13-18(14-12-17)27-23(32)15-22-24(33)29(19-7-3-2-4-8-19)25-28-20-9-5-6-10-21(20)30(22)25/h5-6,9-14,19,22H,2-4,7-8,15H2,1H3,(H,26,31)(H,27,32). The van der Waals surface area contributed by atoms with Gasteiger partial charge < -0.3 is 10.6 Å². The summed E-state index contributed by atoms with van der Waals surface area (Å²) in [5.74, 6) is 0.212. The maximum absolute atomic E-state index is 13.5. The molecule has 1 aliphatic carbocycles. The van der Waals surface area contributed by atoms with Crippen LogP contribution in [0.2, 0.25) is 0 Å². The number of hydrogen-bond acceptors (Lipinski definition) is 4. The molecule has 0 saturated heterocycles. The number of nitrogens with one attached hydrogen (secondary N) is 2. The number of nitrogens with zero attached hydrogens (tertiary/aromatic N) is 3. The molecule has 0 spiro atoms. The molecule has 1 saturated carbocycles. The van der Waals surface area contributed by atoms with Crippen LogP contribution < -0.4 is 15.5 Å². The van der Waals surface area contributed by atoms with Gasteiger partial charge in [0.1, 0.15) is 6.04 Å². The number of imidazole rings is 1. The average molecular weight is 446 g/mol. The van der Waals surface area contributed by atoms with Crippen molar-refractivity contribution in [1.29, 1.82) is 0 Å². The van der Waals surface area contributed by atoms with E-state index in [0.29, 0.717) is 17.3 Å². The van der Waals surface area contributed by atoms with E-state index in [1.807, 2.05) is 33.7 Å². The van der Waals surface area contributed by atoms with Crippen molar-refractivity contribution in [2.75, 3.05) is 15.5 Å². The molecular formula is C25H27N5O3. The summed E-state index contributed by atoms with van der Waals surface area (Å²) >= 11 is 0. The van der Waals surface area contributed by atoms with E-state index in [0.717, 1.165) is 36.7 Å². The minimum absolute atomic E-state index is 0.0306. The van der Waals surface area contributed by atoms with E-state index in [-0.39, 0.29) is 30.2 Å². The second kappa shape index (κ2) is 8.69. The quantitative estimate of drug-likeness (QED) is 0.614. The number of benzene rings is 2. The summed E-state index contributed by atoms with van der Waals surface area (Å²) in [4.78, 5) is 44.3.